The van der Waals surface area contributed by atoms with Crippen molar-refractivity contribution >= 4 is 35.2 Å². The Bertz CT molecular complexity index is 1540. The summed E-state index contributed by atoms with van der Waals surface area (Å²) in [5.41, 5.74) is 2.26. The number of alkyl halides is 3. The molecule has 190 valence electrons. The van der Waals surface area contributed by atoms with Gasteiger partial charge in [-0.25, -0.2) is 13.6 Å². The van der Waals surface area contributed by atoms with Crippen LogP contribution in [0, 0.1) is 11.6 Å². The number of carbonyl (C=O) groups is 3. The van der Waals surface area contributed by atoms with E-state index in [0.29, 0.717) is 6.07 Å². The Morgan fingerprint density at radius 2 is 1.81 bits per heavy atom. The maximum atomic E-state index is 15.4. The minimum absolute atomic E-state index is 0.00969. The van der Waals surface area contributed by atoms with Crippen LogP contribution in [-0.2, 0) is 17.5 Å². The second-order valence-corrected chi connectivity index (χ2v) is 8.67. The number of halogens is 6. The standard InChI is InChI=1S/C24H13ClF5N3O4/c25-14-2-1-10(26)6-11(14)20-17-12(3-8-7-37-23(36)33-19(8)18(17)22(35)32-20)16-13(21(31)34)4-9(5-15(16)27)24(28,29)30/h1-6,20H,7H2,(H2,31,34)(H,32,35)(H,33,36). The van der Waals surface area contributed by atoms with E-state index in [2.05, 4.69) is 10.6 Å². The van der Waals surface area contributed by atoms with Gasteiger partial charge in [0.15, 0.2) is 0 Å². The third-order valence-electron chi connectivity index (χ3n) is 6.05. The smallest absolute Gasteiger partial charge is 0.416 e. The van der Waals surface area contributed by atoms with Crippen molar-refractivity contribution in [3.8, 4) is 11.1 Å². The summed E-state index contributed by atoms with van der Waals surface area (Å²) >= 11 is 6.26. The van der Waals surface area contributed by atoms with Crippen LogP contribution >= 0.6 is 11.6 Å². The third-order valence-corrected chi connectivity index (χ3v) is 6.39. The van der Waals surface area contributed by atoms with Gasteiger partial charge in [-0.05, 0) is 42.0 Å². The van der Waals surface area contributed by atoms with Crippen molar-refractivity contribution in [1.82, 2.24) is 5.32 Å². The monoisotopic (exact) mass is 537 g/mol. The van der Waals surface area contributed by atoms with Gasteiger partial charge >= 0.3 is 12.3 Å². The van der Waals surface area contributed by atoms with Crippen molar-refractivity contribution in [2.75, 3.05) is 5.32 Å². The first-order chi connectivity index (χ1) is 17.4. The molecule has 0 bridgehead atoms. The summed E-state index contributed by atoms with van der Waals surface area (Å²) in [6, 6.07) is 3.93. The Kier molecular flexibility index (Phi) is 5.59. The van der Waals surface area contributed by atoms with Gasteiger partial charge in [-0.3, -0.25) is 14.9 Å². The highest BCUT2D eigenvalue weighted by molar-refractivity contribution is 6.31. The number of carbonyl (C=O) groups excluding carboxylic acids is 3. The fourth-order valence-corrected chi connectivity index (χ4v) is 4.74. The van der Waals surface area contributed by atoms with Crippen molar-refractivity contribution in [2.45, 2.75) is 18.8 Å². The number of nitrogens with one attached hydrogen (secondary N) is 2. The number of cyclic esters (lactones) is 1. The van der Waals surface area contributed by atoms with Crippen molar-refractivity contribution in [2.24, 2.45) is 5.73 Å². The number of primary amides is 1. The van der Waals surface area contributed by atoms with Crippen molar-refractivity contribution in [3.63, 3.8) is 0 Å². The van der Waals surface area contributed by atoms with E-state index in [4.69, 9.17) is 22.1 Å². The van der Waals surface area contributed by atoms with Gasteiger partial charge in [0.25, 0.3) is 5.91 Å². The molecule has 7 nitrogen and oxygen atoms in total. The molecule has 3 aromatic rings. The van der Waals surface area contributed by atoms with Crippen LogP contribution in [0.4, 0.5) is 32.4 Å². The Balaban J connectivity index is 1.88. The van der Waals surface area contributed by atoms with E-state index < -0.39 is 58.5 Å². The van der Waals surface area contributed by atoms with E-state index in [9.17, 15) is 31.9 Å². The van der Waals surface area contributed by atoms with Crippen molar-refractivity contribution < 1.29 is 41.1 Å². The number of hydrogen-bond donors (Lipinski definition) is 3. The van der Waals surface area contributed by atoms with Gasteiger partial charge in [-0.2, -0.15) is 13.2 Å². The first-order valence-corrected chi connectivity index (χ1v) is 10.8. The normalized spacial score (nSPS) is 16.4. The molecule has 2 heterocycles. The predicted molar refractivity (Wildman–Crippen MR) is 120 cm³/mol. The van der Waals surface area contributed by atoms with Gasteiger partial charge in [0.1, 0.15) is 18.2 Å². The molecular formula is C24H13ClF5N3O4. The molecule has 37 heavy (non-hydrogen) atoms. The average molecular weight is 538 g/mol. The molecule has 0 radical (unpaired) electrons. The molecule has 3 amide bonds. The summed E-state index contributed by atoms with van der Waals surface area (Å²) in [6.07, 6.45) is -5.88. The molecule has 0 aliphatic carbocycles. The first kappa shape index (κ1) is 24.5. The summed E-state index contributed by atoms with van der Waals surface area (Å²) in [6.45, 7) is -0.367. The molecule has 2 aliphatic heterocycles. The topological polar surface area (TPSA) is 111 Å². The second kappa shape index (κ2) is 8.44. The Hall–Kier alpha value is -4.19. The summed E-state index contributed by atoms with van der Waals surface area (Å²) in [5, 5.41) is 4.98. The molecule has 0 fully saturated rings. The molecule has 0 spiro atoms. The molecule has 3 aromatic carbocycles. The van der Waals surface area contributed by atoms with E-state index in [1.54, 1.807) is 0 Å². The van der Waals surface area contributed by atoms with Crippen LogP contribution in [0.25, 0.3) is 11.1 Å². The van der Waals surface area contributed by atoms with Crippen LogP contribution in [0.3, 0.4) is 0 Å². The minimum Gasteiger partial charge on any atom is -0.444 e. The molecule has 0 aromatic heterocycles. The highest BCUT2D eigenvalue weighted by atomic mass is 35.5. The molecular weight excluding hydrogens is 525 g/mol. The largest absolute Gasteiger partial charge is 0.444 e. The maximum Gasteiger partial charge on any atom is 0.416 e. The molecule has 0 saturated carbocycles. The zero-order chi connectivity index (χ0) is 26.8. The van der Waals surface area contributed by atoms with Gasteiger partial charge in [-0.15, -0.1) is 0 Å². The number of amides is 3. The number of nitrogens with two attached hydrogens (primary N) is 1. The first-order valence-electron chi connectivity index (χ1n) is 10.5. The molecule has 1 unspecified atom stereocenters. The average Bonchev–Trinajstić information content (AvgIpc) is 3.16. The number of hydrogen-bond acceptors (Lipinski definition) is 4. The second-order valence-electron chi connectivity index (χ2n) is 8.26. The molecule has 4 N–H and O–H groups in total. The van der Waals surface area contributed by atoms with Gasteiger partial charge in [0.2, 0.25) is 5.91 Å². The quantitative estimate of drug-likeness (QED) is 0.394. The van der Waals surface area contributed by atoms with E-state index >= 15 is 4.39 Å². The SMILES string of the molecule is NC(=O)c1cc(C(F)(F)F)cc(F)c1-c1cc2c(c3c1C(c1cc(F)ccc1Cl)NC3=O)NC(=O)OC2. The Morgan fingerprint density at radius 1 is 1.08 bits per heavy atom. The van der Waals surface area contributed by atoms with Crippen LogP contribution in [0.15, 0.2) is 36.4 Å². The lowest BCUT2D eigenvalue weighted by Crippen LogP contribution is -2.24. The number of fused-ring (bicyclic) bond motifs is 3. The number of rotatable bonds is 3. The highest BCUT2D eigenvalue weighted by Crippen LogP contribution is 2.47. The lowest BCUT2D eigenvalue weighted by molar-refractivity contribution is -0.137. The Labute approximate surface area is 209 Å². The van der Waals surface area contributed by atoms with E-state index in [1.165, 1.54) is 12.1 Å². The van der Waals surface area contributed by atoms with Gasteiger partial charge in [0.05, 0.1) is 28.4 Å². The van der Waals surface area contributed by atoms with Crippen LogP contribution < -0.4 is 16.4 Å². The van der Waals surface area contributed by atoms with E-state index in [0.717, 1.165) is 12.1 Å². The zero-order valence-corrected chi connectivity index (χ0v) is 19.0. The van der Waals surface area contributed by atoms with E-state index in [1.807, 2.05) is 0 Å². The molecule has 5 rings (SSSR count). The predicted octanol–water partition coefficient (Wildman–Crippen LogP) is 5.30. The van der Waals surface area contributed by atoms with Crippen LogP contribution in [-0.4, -0.2) is 17.9 Å². The van der Waals surface area contributed by atoms with Gasteiger partial charge < -0.3 is 15.8 Å². The van der Waals surface area contributed by atoms with Crippen LogP contribution in [0.2, 0.25) is 5.02 Å². The number of benzene rings is 3. The molecule has 1 atom stereocenters. The fraction of sp³-hybridized carbons (Fsp3) is 0.125. The van der Waals surface area contributed by atoms with Crippen molar-refractivity contribution in [3.05, 3.63) is 86.4 Å². The Morgan fingerprint density at radius 3 is 2.49 bits per heavy atom. The maximum absolute atomic E-state index is 15.4. The molecule has 2 aliphatic rings. The number of ether oxygens (including phenoxy) is 1. The third kappa shape index (κ3) is 4.02. The summed E-state index contributed by atoms with van der Waals surface area (Å²) in [5.74, 6) is -4.31. The van der Waals surface area contributed by atoms with Gasteiger partial charge in [0, 0.05) is 27.3 Å². The minimum atomic E-state index is -4.99. The van der Waals surface area contributed by atoms with Gasteiger partial charge in [-0.1, -0.05) is 11.6 Å². The van der Waals surface area contributed by atoms with Crippen molar-refractivity contribution in [1.29, 1.82) is 0 Å². The lowest BCUT2D eigenvalue weighted by atomic mass is 9.84. The lowest BCUT2D eigenvalue weighted by Gasteiger charge is -2.24. The van der Waals surface area contributed by atoms with Crippen LogP contribution in [0.1, 0.15) is 49.0 Å². The number of anilines is 1. The highest BCUT2D eigenvalue weighted by Gasteiger charge is 2.41. The van der Waals surface area contributed by atoms with E-state index in [-0.39, 0.29) is 51.2 Å². The summed E-state index contributed by atoms with van der Waals surface area (Å²) in [7, 11) is 0. The molecule has 13 heteroatoms. The van der Waals surface area contributed by atoms with Crippen LogP contribution in [0.5, 0.6) is 0 Å². The summed E-state index contributed by atoms with van der Waals surface area (Å²) < 4.78 is 74.6. The zero-order valence-electron chi connectivity index (χ0n) is 18.2. The fourth-order valence-electron chi connectivity index (χ4n) is 4.52. The summed E-state index contributed by atoms with van der Waals surface area (Å²) in [4.78, 5) is 37.3. The molecule has 0 saturated heterocycles.